The molecule has 1 atom stereocenters. The first-order chi connectivity index (χ1) is 9.06. The molecule has 2 rings (SSSR count). The highest BCUT2D eigenvalue weighted by atomic mass is 79.9. The van der Waals surface area contributed by atoms with Gasteiger partial charge in [0, 0.05) is 17.2 Å². The smallest absolute Gasteiger partial charge is 0.160 e. The molecule has 0 spiro atoms. The van der Waals surface area contributed by atoms with E-state index in [2.05, 4.69) is 44.3 Å². The summed E-state index contributed by atoms with van der Waals surface area (Å²) in [5.41, 5.74) is 1.83. The lowest BCUT2D eigenvalue weighted by Crippen LogP contribution is -2.13. The maximum Gasteiger partial charge on any atom is 0.160 e. The molecule has 0 aliphatic heterocycles. The molecule has 0 bridgehead atoms. The van der Waals surface area contributed by atoms with Crippen LogP contribution >= 0.6 is 27.5 Å². The minimum absolute atomic E-state index is 0.109. The van der Waals surface area contributed by atoms with E-state index < -0.39 is 0 Å². The number of pyridine rings is 1. The van der Waals surface area contributed by atoms with Crippen molar-refractivity contribution in [2.45, 2.75) is 45.5 Å². The van der Waals surface area contributed by atoms with Gasteiger partial charge in [0.25, 0.3) is 0 Å². The number of aromatic nitrogens is 3. The van der Waals surface area contributed by atoms with Gasteiger partial charge in [0.15, 0.2) is 5.65 Å². The molecular weight excluding hydrogens is 326 g/mol. The van der Waals surface area contributed by atoms with Crippen LogP contribution in [-0.2, 0) is 6.54 Å². The van der Waals surface area contributed by atoms with Crippen LogP contribution in [0.3, 0.4) is 0 Å². The molecule has 0 aliphatic rings. The van der Waals surface area contributed by atoms with E-state index in [0.717, 1.165) is 40.8 Å². The van der Waals surface area contributed by atoms with Crippen molar-refractivity contribution >= 4 is 38.7 Å². The fourth-order valence-electron chi connectivity index (χ4n) is 2.29. The summed E-state index contributed by atoms with van der Waals surface area (Å²) in [5.74, 6) is 1.55. The van der Waals surface area contributed by atoms with E-state index in [9.17, 15) is 0 Å². The molecule has 5 heteroatoms. The van der Waals surface area contributed by atoms with Crippen LogP contribution in [0.2, 0.25) is 0 Å². The van der Waals surface area contributed by atoms with E-state index in [1.807, 2.05) is 19.2 Å². The third kappa shape index (κ3) is 3.11. The zero-order valence-electron chi connectivity index (χ0n) is 11.5. The Morgan fingerprint density at radius 2 is 2.05 bits per heavy atom. The van der Waals surface area contributed by atoms with Gasteiger partial charge in [-0.2, -0.15) is 0 Å². The zero-order chi connectivity index (χ0) is 14.0. The Balaban J connectivity index is 2.52. The monoisotopic (exact) mass is 343 g/mol. The molecule has 3 nitrogen and oxygen atoms in total. The highest BCUT2D eigenvalue weighted by molar-refractivity contribution is 9.10. The highest BCUT2D eigenvalue weighted by Gasteiger charge is 2.18. The summed E-state index contributed by atoms with van der Waals surface area (Å²) < 4.78 is 3.12. The third-order valence-corrected chi connectivity index (χ3v) is 4.16. The summed E-state index contributed by atoms with van der Waals surface area (Å²) >= 11 is 9.70. The van der Waals surface area contributed by atoms with E-state index in [-0.39, 0.29) is 5.38 Å². The van der Waals surface area contributed by atoms with Gasteiger partial charge in [-0.25, -0.2) is 9.97 Å². The number of hydrogen-bond acceptors (Lipinski definition) is 2. The Morgan fingerprint density at radius 3 is 2.63 bits per heavy atom. The van der Waals surface area contributed by atoms with E-state index in [0.29, 0.717) is 5.92 Å². The predicted octanol–water partition coefficient (Wildman–Crippen LogP) is 4.93. The number of fused-ring (bicyclic) bond motifs is 1. The maximum atomic E-state index is 6.27. The van der Waals surface area contributed by atoms with Crippen LogP contribution in [0.5, 0.6) is 0 Å². The average Bonchev–Trinajstić information content (AvgIpc) is 2.73. The molecular formula is C14H19BrClN3. The Labute approximate surface area is 127 Å². The minimum atomic E-state index is -0.109. The van der Waals surface area contributed by atoms with Gasteiger partial charge in [0.1, 0.15) is 11.3 Å². The van der Waals surface area contributed by atoms with Crippen molar-refractivity contribution < 1.29 is 0 Å². The first-order valence-corrected chi connectivity index (χ1v) is 7.95. The Kier molecular flexibility index (Phi) is 4.85. The normalized spacial score (nSPS) is 13.4. The minimum Gasteiger partial charge on any atom is -0.311 e. The lowest BCUT2D eigenvalue weighted by Gasteiger charge is -2.16. The van der Waals surface area contributed by atoms with Crippen molar-refractivity contribution in [1.82, 2.24) is 14.5 Å². The summed E-state index contributed by atoms with van der Waals surface area (Å²) in [5, 5.41) is -0.109. The van der Waals surface area contributed by atoms with E-state index >= 15 is 0 Å². The molecule has 0 saturated carbocycles. The van der Waals surface area contributed by atoms with Crippen LogP contribution in [0.25, 0.3) is 11.2 Å². The second-order valence-corrected chi connectivity index (χ2v) is 6.45. The number of rotatable bonds is 5. The van der Waals surface area contributed by atoms with Crippen molar-refractivity contribution in [3.05, 3.63) is 22.6 Å². The number of alkyl halides is 1. The van der Waals surface area contributed by atoms with Crippen LogP contribution < -0.4 is 0 Å². The van der Waals surface area contributed by atoms with Gasteiger partial charge in [-0.05, 0) is 34.8 Å². The highest BCUT2D eigenvalue weighted by Crippen LogP contribution is 2.27. The molecule has 2 heterocycles. The summed E-state index contributed by atoms with van der Waals surface area (Å²) in [4.78, 5) is 9.13. The fourth-order valence-corrected chi connectivity index (χ4v) is 2.78. The Bertz CT molecular complexity index is 561. The predicted molar refractivity (Wildman–Crippen MR) is 83.6 cm³/mol. The lowest BCUT2D eigenvalue weighted by atomic mass is 10.0. The standard InChI is InChI=1S/C14H19BrClN3/c1-4-10(5-2)8-19-13(9(3)16)18-12-6-11(15)7-17-14(12)19/h6-7,9-10H,4-5,8H2,1-3H3. The van der Waals surface area contributed by atoms with Gasteiger partial charge in [-0.15, -0.1) is 11.6 Å². The molecule has 1 unspecified atom stereocenters. The van der Waals surface area contributed by atoms with Crippen LogP contribution in [0.4, 0.5) is 0 Å². The first kappa shape index (κ1) is 14.8. The molecule has 0 amide bonds. The van der Waals surface area contributed by atoms with Crippen molar-refractivity contribution in [2.24, 2.45) is 5.92 Å². The molecule has 0 radical (unpaired) electrons. The fraction of sp³-hybridized carbons (Fsp3) is 0.571. The van der Waals surface area contributed by atoms with Crippen LogP contribution in [0.1, 0.15) is 44.8 Å². The molecule has 104 valence electrons. The van der Waals surface area contributed by atoms with Crippen LogP contribution in [0.15, 0.2) is 16.7 Å². The summed E-state index contributed by atoms with van der Waals surface area (Å²) in [6.07, 6.45) is 4.13. The maximum absolute atomic E-state index is 6.27. The second-order valence-electron chi connectivity index (χ2n) is 4.88. The van der Waals surface area contributed by atoms with E-state index in [1.165, 1.54) is 0 Å². The molecule has 19 heavy (non-hydrogen) atoms. The number of nitrogens with zero attached hydrogens (tertiary/aromatic N) is 3. The summed E-state index contributed by atoms with van der Waals surface area (Å²) in [6, 6.07) is 1.99. The lowest BCUT2D eigenvalue weighted by molar-refractivity contribution is 0.415. The van der Waals surface area contributed by atoms with Crippen molar-refractivity contribution in [2.75, 3.05) is 0 Å². The zero-order valence-corrected chi connectivity index (χ0v) is 13.9. The Morgan fingerprint density at radius 1 is 1.37 bits per heavy atom. The molecule has 0 N–H and O–H groups in total. The van der Waals surface area contributed by atoms with Gasteiger partial charge in [0.2, 0.25) is 0 Å². The SMILES string of the molecule is CCC(CC)Cn1c(C(C)Cl)nc2cc(Br)cnc21. The second kappa shape index (κ2) is 6.23. The van der Waals surface area contributed by atoms with Gasteiger partial charge < -0.3 is 4.57 Å². The van der Waals surface area contributed by atoms with Crippen LogP contribution in [-0.4, -0.2) is 14.5 Å². The molecule has 0 fully saturated rings. The van der Waals surface area contributed by atoms with E-state index in [1.54, 1.807) is 0 Å². The first-order valence-electron chi connectivity index (χ1n) is 6.72. The third-order valence-electron chi connectivity index (χ3n) is 3.53. The molecule has 0 aromatic carbocycles. The van der Waals surface area contributed by atoms with Crippen molar-refractivity contribution in [1.29, 1.82) is 0 Å². The average molecular weight is 345 g/mol. The van der Waals surface area contributed by atoms with Crippen LogP contribution in [0, 0.1) is 5.92 Å². The van der Waals surface area contributed by atoms with Gasteiger partial charge in [0.05, 0.1) is 5.38 Å². The molecule has 0 aliphatic carbocycles. The summed E-state index contributed by atoms with van der Waals surface area (Å²) in [7, 11) is 0. The number of halogens is 2. The number of hydrogen-bond donors (Lipinski definition) is 0. The van der Waals surface area contributed by atoms with Gasteiger partial charge >= 0.3 is 0 Å². The van der Waals surface area contributed by atoms with Crippen molar-refractivity contribution in [3.8, 4) is 0 Å². The van der Waals surface area contributed by atoms with E-state index in [4.69, 9.17) is 11.6 Å². The molecule has 2 aromatic heterocycles. The quantitative estimate of drug-likeness (QED) is 0.720. The van der Waals surface area contributed by atoms with Crippen molar-refractivity contribution in [3.63, 3.8) is 0 Å². The summed E-state index contributed by atoms with van der Waals surface area (Å²) in [6.45, 7) is 7.34. The van der Waals surface area contributed by atoms with Gasteiger partial charge in [-0.3, -0.25) is 0 Å². The molecule has 0 saturated heterocycles. The van der Waals surface area contributed by atoms with Gasteiger partial charge in [-0.1, -0.05) is 26.7 Å². The number of imidazole rings is 1. The largest absolute Gasteiger partial charge is 0.311 e. The molecule has 2 aromatic rings. The topological polar surface area (TPSA) is 30.7 Å². The Hall–Kier alpha value is -0.610.